The zero-order valence-corrected chi connectivity index (χ0v) is 12.1. The van der Waals surface area contributed by atoms with Gasteiger partial charge in [0.05, 0.1) is 12.2 Å². The lowest BCUT2D eigenvalue weighted by atomic mass is 10.2. The fraction of sp³-hybridized carbons (Fsp3) is 0.0625. The van der Waals surface area contributed by atoms with Crippen molar-refractivity contribution in [2.45, 2.75) is 6.54 Å². The summed E-state index contributed by atoms with van der Waals surface area (Å²) >= 11 is 0. The van der Waals surface area contributed by atoms with Crippen LogP contribution < -0.4 is 0 Å². The minimum absolute atomic E-state index is 0.255. The van der Waals surface area contributed by atoms with Gasteiger partial charge < -0.3 is 0 Å². The number of aromatic nitrogens is 6. The Hall–Kier alpha value is -3.22. The first-order valence-electron chi connectivity index (χ1n) is 7.13. The van der Waals surface area contributed by atoms with Crippen molar-refractivity contribution in [2.24, 2.45) is 0 Å². The average Bonchev–Trinajstić information content (AvgIpc) is 2.92. The molecule has 114 valence electrons. The Morgan fingerprint density at radius 1 is 1.04 bits per heavy atom. The molecule has 4 aromatic rings. The summed E-state index contributed by atoms with van der Waals surface area (Å²) < 4.78 is 15.6. The summed E-state index contributed by atoms with van der Waals surface area (Å²) in [5.74, 6) is 0.408. The van der Waals surface area contributed by atoms with Crippen LogP contribution >= 0.6 is 0 Å². The molecule has 23 heavy (non-hydrogen) atoms. The standard InChI is InChI=1S/C16H13FN6/c17-12-6-2-1-5-11(12)10-23-15(16-19-22-20-16)9-14(21-23)13-7-3-4-8-18-13/h1-9,22H,10H2,(H,19,20). The van der Waals surface area contributed by atoms with Gasteiger partial charge in [-0.05, 0) is 24.3 Å². The van der Waals surface area contributed by atoms with Gasteiger partial charge >= 0.3 is 0 Å². The molecule has 0 unspecified atom stereocenters. The topological polar surface area (TPSA) is 75.2 Å². The fourth-order valence-corrected chi connectivity index (χ4v) is 2.39. The third kappa shape index (κ3) is 2.52. The van der Waals surface area contributed by atoms with Crippen molar-refractivity contribution in [3.8, 4) is 22.9 Å². The minimum Gasteiger partial charge on any atom is -0.265 e. The first-order chi connectivity index (χ1) is 11.3. The molecular weight excluding hydrogens is 295 g/mol. The number of nitrogens with one attached hydrogen (secondary N) is 2. The molecule has 0 amide bonds. The van der Waals surface area contributed by atoms with Gasteiger partial charge in [0.15, 0.2) is 5.82 Å². The lowest BCUT2D eigenvalue weighted by Gasteiger charge is -2.08. The van der Waals surface area contributed by atoms with Gasteiger partial charge in [-0.1, -0.05) is 24.3 Å². The molecule has 2 N–H and O–H groups in total. The van der Waals surface area contributed by atoms with Crippen LogP contribution in [0.2, 0.25) is 0 Å². The monoisotopic (exact) mass is 308 g/mol. The van der Waals surface area contributed by atoms with Crippen LogP contribution in [0.25, 0.3) is 22.9 Å². The number of rotatable bonds is 4. The predicted molar refractivity (Wildman–Crippen MR) is 82.9 cm³/mol. The summed E-state index contributed by atoms with van der Waals surface area (Å²) in [7, 11) is 0. The number of hydrogen-bond acceptors (Lipinski definition) is 3. The average molecular weight is 308 g/mol. The molecule has 3 aromatic heterocycles. The first kappa shape index (κ1) is 13.4. The van der Waals surface area contributed by atoms with Crippen molar-refractivity contribution in [1.29, 1.82) is 0 Å². The Kier molecular flexibility index (Phi) is 3.23. The van der Waals surface area contributed by atoms with Crippen molar-refractivity contribution in [3.63, 3.8) is 0 Å². The number of halogens is 1. The van der Waals surface area contributed by atoms with Gasteiger partial charge in [0.1, 0.15) is 17.2 Å². The molecule has 0 atom stereocenters. The molecule has 1 aromatic carbocycles. The zero-order chi connectivity index (χ0) is 15.6. The van der Waals surface area contributed by atoms with Crippen molar-refractivity contribution in [1.82, 2.24) is 30.2 Å². The summed E-state index contributed by atoms with van der Waals surface area (Å²) in [5, 5.41) is 14.1. The summed E-state index contributed by atoms with van der Waals surface area (Å²) in [5.41, 5.74) is 2.81. The van der Waals surface area contributed by atoms with Crippen molar-refractivity contribution < 1.29 is 4.39 Å². The van der Waals surface area contributed by atoms with E-state index in [9.17, 15) is 4.39 Å². The second kappa shape index (κ2) is 5.53. The van der Waals surface area contributed by atoms with Crippen molar-refractivity contribution in [3.05, 3.63) is 66.1 Å². The van der Waals surface area contributed by atoms with E-state index in [2.05, 4.69) is 25.5 Å². The highest BCUT2D eigenvalue weighted by atomic mass is 19.1. The van der Waals surface area contributed by atoms with Crippen LogP contribution in [-0.2, 0) is 6.54 Å². The molecule has 0 bridgehead atoms. The van der Waals surface area contributed by atoms with Gasteiger partial charge in [-0.15, -0.1) is 5.10 Å². The summed E-state index contributed by atoms with van der Waals surface area (Å²) in [6.07, 6.45) is 1.71. The Balaban J connectivity index is 1.77. The molecule has 7 heteroatoms. The second-order valence-corrected chi connectivity index (χ2v) is 5.08. The maximum absolute atomic E-state index is 13.9. The van der Waals surface area contributed by atoms with Crippen molar-refractivity contribution in [2.75, 3.05) is 0 Å². The summed E-state index contributed by atoms with van der Waals surface area (Å²) in [4.78, 5) is 4.31. The smallest absolute Gasteiger partial charge is 0.193 e. The van der Waals surface area contributed by atoms with Gasteiger partial charge in [-0.25, -0.2) is 9.60 Å². The third-order valence-corrected chi connectivity index (χ3v) is 3.57. The number of pyridine rings is 1. The van der Waals surface area contributed by atoms with E-state index in [1.165, 1.54) is 6.07 Å². The van der Waals surface area contributed by atoms with E-state index >= 15 is 0 Å². The molecule has 0 saturated heterocycles. The first-order valence-corrected chi connectivity index (χ1v) is 7.13. The van der Waals surface area contributed by atoms with E-state index in [-0.39, 0.29) is 5.82 Å². The van der Waals surface area contributed by atoms with Crippen LogP contribution in [-0.4, -0.2) is 30.2 Å². The zero-order valence-electron chi connectivity index (χ0n) is 12.1. The van der Waals surface area contributed by atoms with Gasteiger partial charge in [0.25, 0.3) is 0 Å². The van der Waals surface area contributed by atoms with Crippen molar-refractivity contribution >= 4 is 0 Å². The van der Waals surface area contributed by atoms with E-state index in [1.54, 1.807) is 23.0 Å². The van der Waals surface area contributed by atoms with Gasteiger partial charge in [0.2, 0.25) is 0 Å². The van der Waals surface area contributed by atoms with Crippen LogP contribution in [0, 0.1) is 5.82 Å². The highest BCUT2D eigenvalue weighted by Crippen LogP contribution is 2.24. The third-order valence-electron chi connectivity index (χ3n) is 3.57. The van der Waals surface area contributed by atoms with E-state index in [0.717, 1.165) is 11.4 Å². The van der Waals surface area contributed by atoms with Crippen LogP contribution in [0.15, 0.2) is 54.7 Å². The van der Waals surface area contributed by atoms with Crippen LogP contribution in [0.3, 0.4) is 0 Å². The molecule has 0 saturated carbocycles. The van der Waals surface area contributed by atoms with E-state index in [1.807, 2.05) is 30.3 Å². The minimum atomic E-state index is -0.255. The molecule has 0 radical (unpaired) electrons. The second-order valence-electron chi connectivity index (χ2n) is 5.08. The van der Waals surface area contributed by atoms with Gasteiger partial charge in [-0.3, -0.25) is 14.8 Å². The summed E-state index contributed by atoms with van der Waals surface area (Å²) in [6, 6.07) is 14.2. The van der Waals surface area contributed by atoms with Gasteiger partial charge in [-0.2, -0.15) is 5.10 Å². The molecule has 0 aliphatic rings. The number of nitrogens with zero attached hydrogens (tertiary/aromatic N) is 4. The van der Waals surface area contributed by atoms with Crippen LogP contribution in [0.4, 0.5) is 4.39 Å². The maximum atomic E-state index is 13.9. The molecular formula is C16H13FN6. The predicted octanol–water partition coefficient (Wildman–Crippen LogP) is 2.85. The lowest BCUT2D eigenvalue weighted by molar-refractivity contribution is 0.585. The van der Waals surface area contributed by atoms with E-state index < -0.39 is 0 Å². The number of aromatic amines is 2. The molecule has 4 rings (SSSR count). The number of benzene rings is 1. The largest absolute Gasteiger partial charge is 0.265 e. The van der Waals surface area contributed by atoms with E-state index in [4.69, 9.17) is 0 Å². The molecule has 0 aliphatic carbocycles. The maximum Gasteiger partial charge on any atom is 0.193 e. The Labute approximate surface area is 131 Å². The molecule has 0 fully saturated rings. The SMILES string of the molecule is Fc1ccccc1Cn1nc(-c2ccccn2)cc1-c1n[nH][nH]1. The molecule has 0 spiro atoms. The number of H-pyrrole nitrogens is 2. The van der Waals surface area contributed by atoms with Crippen LogP contribution in [0.1, 0.15) is 5.56 Å². The highest BCUT2D eigenvalue weighted by Gasteiger charge is 2.16. The van der Waals surface area contributed by atoms with Gasteiger partial charge in [0, 0.05) is 11.8 Å². The molecule has 3 heterocycles. The lowest BCUT2D eigenvalue weighted by Crippen LogP contribution is -2.09. The highest BCUT2D eigenvalue weighted by molar-refractivity contribution is 5.62. The quantitative estimate of drug-likeness (QED) is 0.609. The fourth-order valence-electron chi connectivity index (χ4n) is 2.39. The van der Waals surface area contributed by atoms with E-state index in [0.29, 0.717) is 23.6 Å². The summed E-state index contributed by atoms with van der Waals surface area (Å²) in [6.45, 7) is 0.315. The molecule has 6 nitrogen and oxygen atoms in total. The Morgan fingerprint density at radius 2 is 1.87 bits per heavy atom. The Morgan fingerprint density at radius 3 is 2.57 bits per heavy atom. The normalized spacial score (nSPS) is 11.0. The molecule has 0 aliphatic heterocycles. The van der Waals surface area contributed by atoms with Crippen LogP contribution in [0.5, 0.6) is 0 Å². The number of hydrogen-bond donors (Lipinski definition) is 2. The Bertz CT molecular complexity index is 912.